The van der Waals surface area contributed by atoms with Crippen LogP contribution >= 0.6 is 0 Å². The molecule has 3 rings (SSSR count). The third kappa shape index (κ3) is 10.6. The van der Waals surface area contributed by atoms with E-state index in [4.69, 9.17) is 18.9 Å². The largest absolute Gasteiger partial charge is 0.459 e. The fourth-order valence-electron chi connectivity index (χ4n) is 8.72. The van der Waals surface area contributed by atoms with Crippen molar-refractivity contribution in [3.05, 3.63) is 35.5 Å². The van der Waals surface area contributed by atoms with Crippen molar-refractivity contribution in [2.75, 3.05) is 6.61 Å². The lowest BCUT2D eigenvalue weighted by atomic mass is 9.58. The number of rotatable bonds is 14. The van der Waals surface area contributed by atoms with E-state index in [0.29, 0.717) is 31.3 Å². The molecule has 3 aliphatic rings. The first-order valence-electron chi connectivity index (χ1n) is 18.7. The summed E-state index contributed by atoms with van der Waals surface area (Å²) in [4.78, 5) is 37.1. The quantitative estimate of drug-likeness (QED) is 0.111. The fourth-order valence-corrected chi connectivity index (χ4v) is 8.72. The topological polar surface area (TPSA) is 210 Å². The molecule has 1 saturated carbocycles. The summed E-state index contributed by atoms with van der Waals surface area (Å²) in [5.41, 5.74) is -2.11. The molecule has 0 aromatic rings. The van der Waals surface area contributed by atoms with Crippen LogP contribution in [0.5, 0.6) is 0 Å². The maximum Gasteiger partial charge on any atom is 0.303 e. The number of allylic oxidation sites excluding steroid dienone is 2. The number of hydrogen-bond acceptors (Lipinski definition) is 13. The van der Waals surface area contributed by atoms with Gasteiger partial charge < -0.3 is 49.6 Å². The molecule has 0 aromatic heterocycles. The Morgan fingerprint density at radius 3 is 2.21 bits per heavy atom. The molecule has 1 saturated heterocycles. The summed E-state index contributed by atoms with van der Waals surface area (Å²) in [7, 11) is 0. The Balaban J connectivity index is 1.75. The third-order valence-corrected chi connectivity index (χ3v) is 11.9. The molecule has 13 heteroatoms. The maximum atomic E-state index is 12.7. The second-order valence-electron chi connectivity index (χ2n) is 17.0. The monoisotopic (exact) mass is 752 g/mol. The molecule has 6 N–H and O–H groups in total. The Morgan fingerprint density at radius 1 is 0.981 bits per heavy atom. The molecular formula is C40H64O13. The van der Waals surface area contributed by atoms with Gasteiger partial charge in [0.25, 0.3) is 0 Å². The van der Waals surface area contributed by atoms with Crippen molar-refractivity contribution in [3.8, 4) is 0 Å². The zero-order valence-corrected chi connectivity index (χ0v) is 33.1. The summed E-state index contributed by atoms with van der Waals surface area (Å²) < 4.78 is 23.5. The lowest BCUT2D eigenvalue weighted by Crippen LogP contribution is -2.62. The number of esters is 2. The first-order valence-corrected chi connectivity index (χ1v) is 18.7. The lowest BCUT2D eigenvalue weighted by molar-refractivity contribution is -0.327. The summed E-state index contributed by atoms with van der Waals surface area (Å²) >= 11 is 0. The highest BCUT2D eigenvalue weighted by molar-refractivity contribution is 5.95. The van der Waals surface area contributed by atoms with E-state index in [-0.39, 0.29) is 24.5 Å². The van der Waals surface area contributed by atoms with Crippen molar-refractivity contribution in [2.24, 2.45) is 22.7 Å². The van der Waals surface area contributed by atoms with Crippen molar-refractivity contribution in [1.29, 1.82) is 0 Å². The molecule has 0 unspecified atom stereocenters. The van der Waals surface area contributed by atoms with Gasteiger partial charge in [-0.2, -0.15) is 0 Å². The fraction of sp³-hybridized carbons (Fsp3) is 0.775. The molecule has 302 valence electrons. The highest BCUT2D eigenvalue weighted by Gasteiger charge is 2.55. The van der Waals surface area contributed by atoms with E-state index in [9.17, 15) is 45.0 Å². The van der Waals surface area contributed by atoms with Gasteiger partial charge in [0.1, 0.15) is 36.1 Å². The summed E-state index contributed by atoms with van der Waals surface area (Å²) in [6.45, 7) is 16.8. The van der Waals surface area contributed by atoms with Crippen LogP contribution in [0.3, 0.4) is 0 Å². The molecule has 53 heavy (non-hydrogen) atoms. The van der Waals surface area contributed by atoms with Crippen LogP contribution in [0.2, 0.25) is 0 Å². The molecule has 0 spiro atoms. The van der Waals surface area contributed by atoms with Crippen molar-refractivity contribution >= 4 is 17.7 Å². The number of carbonyl (C=O) groups excluding carboxylic acids is 3. The van der Waals surface area contributed by atoms with E-state index in [2.05, 4.69) is 0 Å². The molecule has 1 aliphatic heterocycles. The van der Waals surface area contributed by atoms with Crippen molar-refractivity contribution in [3.63, 3.8) is 0 Å². The van der Waals surface area contributed by atoms with E-state index < -0.39 is 95.5 Å². The van der Waals surface area contributed by atoms with Gasteiger partial charge in [0, 0.05) is 31.1 Å². The Morgan fingerprint density at radius 2 is 1.62 bits per heavy atom. The molecule has 13 nitrogen and oxygen atoms in total. The van der Waals surface area contributed by atoms with Crippen molar-refractivity contribution in [2.45, 2.75) is 168 Å². The molecule has 0 amide bonds. The predicted molar refractivity (Wildman–Crippen MR) is 195 cm³/mol. The van der Waals surface area contributed by atoms with Gasteiger partial charge in [-0.15, -0.1) is 0 Å². The minimum Gasteiger partial charge on any atom is -0.459 e. The standard InChI is InChI=1S/C40H64O13/c1-22(11-13-26(44)19-23(2)27(50-24(3)42)20-30-37(5,6)31(45)15-17-39(30,9)49)12-14-29-38(7,8)32(16-18-40(29,10)53-25(4)43)52-36-35(48)34(47)33(46)28(21-41)51-36/h11,15,17,19,26-30,32-36,41,44,46-49H,12-14,16,18,20-21H2,1-10H3/t26-,27+,28-,29+,30+,32+,33+,34+,35-,36+,39+,40+/m1/s1. The lowest BCUT2D eigenvalue weighted by Gasteiger charge is -2.54. The van der Waals surface area contributed by atoms with Crippen molar-refractivity contribution < 1.29 is 64.0 Å². The highest BCUT2D eigenvalue weighted by Crippen LogP contribution is 2.52. The van der Waals surface area contributed by atoms with Gasteiger partial charge in [0.15, 0.2) is 12.1 Å². The van der Waals surface area contributed by atoms with Gasteiger partial charge in [0.2, 0.25) is 0 Å². The Labute approximate surface area is 314 Å². The third-order valence-electron chi connectivity index (χ3n) is 11.9. The van der Waals surface area contributed by atoms with Crippen LogP contribution in [0.15, 0.2) is 35.5 Å². The van der Waals surface area contributed by atoms with E-state index in [1.54, 1.807) is 33.8 Å². The minimum absolute atomic E-state index is 0.125. The Hall–Kier alpha value is -2.49. The van der Waals surface area contributed by atoms with Crippen LogP contribution in [0.1, 0.15) is 108 Å². The molecule has 0 aromatic carbocycles. The second kappa shape index (κ2) is 17.5. The zero-order valence-electron chi connectivity index (χ0n) is 33.1. The van der Waals surface area contributed by atoms with Crippen LogP contribution in [-0.2, 0) is 33.3 Å². The Kier molecular flexibility index (Phi) is 14.9. The van der Waals surface area contributed by atoms with Gasteiger partial charge in [-0.3, -0.25) is 14.4 Å². The number of ketones is 1. The molecule has 2 fully saturated rings. The predicted octanol–water partition coefficient (Wildman–Crippen LogP) is 3.21. The van der Waals surface area contributed by atoms with Crippen LogP contribution < -0.4 is 0 Å². The zero-order chi connectivity index (χ0) is 40.3. The summed E-state index contributed by atoms with van der Waals surface area (Å²) in [5.74, 6) is -1.84. The molecule has 2 aliphatic carbocycles. The molecule has 1 heterocycles. The van der Waals surface area contributed by atoms with E-state index in [1.165, 1.54) is 26.0 Å². The van der Waals surface area contributed by atoms with Crippen LogP contribution in [0.4, 0.5) is 0 Å². The number of hydrogen-bond donors (Lipinski definition) is 6. The van der Waals surface area contributed by atoms with Crippen LogP contribution in [0, 0.1) is 22.7 Å². The van der Waals surface area contributed by atoms with Crippen molar-refractivity contribution in [1.82, 2.24) is 0 Å². The number of carbonyl (C=O) groups is 3. The van der Waals surface area contributed by atoms with Gasteiger partial charge in [-0.25, -0.2) is 0 Å². The average molecular weight is 753 g/mol. The van der Waals surface area contributed by atoms with Gasteiger partial charge in [-0.05, 0) is 89.4 Å². The Bertz CT molecular complexity index is 1390. The molecule has 0 bridgehead atoms. The summed E-state index contributed by atoms with van der Waals surface area (Å²) in [6, 6.07) is 0. The number of aliphatic hydroxyl groups is 6. The first kappa shape index (κ1) is 44.9. The highest BCUT2D eigenvalue weighted by atomic mass is 16.7. The van der Waals surface area contributed by atoms with Gasteiger partial charge in [0.05, 0.1) is 24.4 Å². The van der Waals surface area contributed by atoms with Gasteiger partial charge in [-0.1, -0.05) is 45.4 Å². The summed E-state index contributed by atoms with van der Waals surface area (Å²) in [5, 5.41) is 63.0. The van der Waals surface area contributed by atoms with Crippen LogP contribution in [-0.4, -0.2) is 115 Å². The van der Waals surface area contributed by atoms with Crippen LogP contribution in [0.25, 0.3) is 0 Å². The minimum atomic E-state index is -1.57. The second-order valence-corrected chi connectivity index (χ2v) is 17.0. The summed E-state index contributed by atoms with van der Waals surface area (Å²) in [6.07, 6.45) is -0.266. The molecular weight excluding hydrogens is 688 g/mol. The number of aliphatic hydroxyl groups excluding tert-OH is 5. The smallest absolute Gasteiger partial charge is 0.303 e. The SMILES string of the molecule is CC(=O)O[C@@H](C[C@H]1C(C)(C)C(=O)C=C[C@]1(C)O)C(C)=C[C@H](O)CC=C(C)CC[C@H]1C(C)(C)[C@@H](O[C@@H]2O[C@H](CO)[C@H](O)[C@H](O)[C@H]2O)CC[C@]1(C)OC(C)=O. The molecule has 12 atom stereocenters. The van der Waals surface area contributed by atoms with E-state index in [1.807, 2.05) is 33.8 Å². The van der Waals surface area contributed by atoms with Gasteiger partial charge >= 0.3 is 11.9 Å². The molecule has 0 radical (unpaired) electrons. The first-order chi connectivity index (χ1) is 24.4. The van der Waals surface area contributed by atoms with E-state index in [0.717, 1.165) is 5.57 Å². The average Bonchev–Trinajstić information content (AvgIpc) is 3.04. The number of ether oxygens (including phenoxy) is 4. The maximum absolute atomic E-state index is 12.7. The normalized spacial score (nSPS) is 37.2. The van der Waals surface area contributed by atoms with E-state index >= 15 is 0 Å².